The predicted octanol–water partition coefficient (Wildman–Crippen LogP) is 1.99. The van der Waals surface area contributed by atoms with Crippen LogP contribution in [-0.4, -0.2) is 12.0 Å². The zero-order valence-electron chi connectivity index (χ0n) is 7.22. The lowest BCUT2D eigenvalue weighted by atomic mass is 10.4. The van der Waals surface area contributed by atoms with Gasteiger partial charge in [0.05, 0.1) is 6.04 Å². The summed E-state index contributed by atoms with van der Waals surface area (Å²) in [5.74, 6) is 0. The highest BCUT2D eigenvalue weighted by molar-refractivity contribution is 7.11. The van der Waals surface area contributed by atoms with Crippen LogP contribution in [-0.2, 0) is 6.42 Å². The van der Waals surface area contributed by atoms with Crippen LogP contribution in [0.2, 0.25) is 0 Å². The molecule has 1 heterocycles. The quantitative estimate of drug-likeness (QED) is 0.750. The van der Waals surface area contributed by atoms with Gasteiger partial charge in [-0.15, -0.1) is 11.3 Å². The largest absolute Gasteiger partial charge is 0.311 e. The Kier molecular flexibility index (Phi) is 3.02. The van der Waals surface area contributed by atoms with E-state index in [-0.39, 0.29) is 0 Å². The van der Waals surface area contributed by atoms with Crippen molar-refractivity contribution < 1.29 is 0 Å². The van der Waals surface area contributed by atoms with Gasteiger partial charge in [0.1, 0.15) is 5.01 Å². The van der Waals surface area contributed by atoms with Gasteiger partial charge in [0.15, 0.2) is 0 Å². The Labute approximate surface area is 71.7 Å². The molecule has 11 heavy (non-hydrogen) atoms. The third-order valence-corrected chi connectivity index (χ3v) is 3.05. The highest BCUT2D eigenvalue weighted by Gasteiger charge is 2.06. The SMILES string of the molecule is CCc1cnc(C(C)NC)s1. The molecule has 2 nitrogen and oxygen atoms in total. The van der Waals surface area contributed by atoms with Crippen LogP contribution in [0.15, 0.2) is 6.20 Å². The lowest BCUT2D eigenvalue weighted by molar-refractivity contribution is 0.647. The van der Waals surface area contributed by atoms with Crippen LogP contribution in [0, 0.1) is 0 Å². The predicted molar refractivity (Wildman–Crippen MR) is 49.0 cm³/mol. The maximum absolute atomic E-state index is 4.31. The summed E-state index contributed by atoms with van der Waals surface area (Å²) in [4.78, 5) is 5.68. The standard InChI is InChI=1S/C8H14N2S/c1-4-7-5-10-8(11-7)6(2)9-3/h5-6,9H,4H2,1-3H3. The van der Waals surface area contributed by atoms with Crippen molar-refractivity contribution in [1.82, 2.24) is 10.3 Å². The van der Waals surface area contributed by atoms with Crippen molar-refractivity contribution in [3.05, 3.63) is 16.1 Å². The molecule has 1 atom stereocenters. The third-order valence-electron chi connectivity index (χ3n) is 1.72. The Morgan fingerprint density at radius 2 is 2.45 bits per heavy atom. The van der Waals surface area contributed by atoms with Crippen LogP contribution in [0.5, 0.6) is 0 Å². The summed E-state index contributed by atoms with van der Waals surface area (Å²) in [6.45, 7) is 4.28. The van der Waals surface area contributed by atoms with Crippen LogP contribution in [0.1, 0.15) is 29.8 Å². The molecule has 0 spiro atoms. The van der Waals surface area contributed by atoms with E-state index in [1.165, 1.54) is 9.88 Å². The van der Waals surface area contributed by atoms with E-state index in [0.717, 1.165) is 6.42 Å². The molecule has 0 fully saturated rings. The fourth-order valence-corrected chi connectivity index (χ4v) is 1.73. The molecule has 62 valence electrons. The number of nitrogens with zero attached hydrogens (tertiary/aromatic N) is 1. The highest BCUT2D eigenvalue weighted by Crippen LogP contribution is 2.19. The third kappa shape index (κ3) is 2.01. The number of hydrogen-bond acceptors (Lipinski definition) is 3. The lowest BCUT2D eigenvalue weighted by Gasteiger charge is -2.03. The summed E-state index contributed by atoms with van der Waals surface area (Å²) in [5, 5.41) is 4.35. The van der Waals surface area contributed by atoms with E-state index in [2.05, 4.69) is 24.1 Å². The Morgan fingerprint density at radius 3 is 2.91 bits per heavy atom. The van der Waals surface area contributed by atoms with Gasteiger partial charge >= 0.3 is 0 Å². The van der Waals surface area contributed by atoms with Gasteiger partial charge < -0.3 is 5.32 Å². The van der Waals surface area contributed by atoms with Crippen molar-refractivity contribution in [1.29, 1.82) is 0 Å². The smallest absolute Gasteiger partial charge is 0.109 e. The number of hydrogen-bond donors (Lipinski definition) is 1. The maximum Gasteiger partial charge on any atom is 0.109 e. The fourth-order valence-electron chi connectivity index (χ4n) is 0.810. The molecule has 1 aromatic heterocycles. The van der Waals surface area contributed by atoms with E-state index in [9.17, 15) is 0 Å². The number of nitrogens with one attached hydrogen (secondary N) is 1. The summed E-state index contributed by atoms with van der Waals surface area (Å²) >= 11 is 1.79. The van der Waals surface area contributed by atoms with Gasteiger partial charge in [-0.1, -0.05) is 6.92 Å². The van der Waals surface area contributed by atoms with E-state index < -0.39 is 0 Å². The van der Waals surface area contributed by atoms with Crippen LogP contribution < -0.4 is 5.32 Å². The monoisotopic (exact) mass is 170 g/mol. The Morgan fingerprint density at radius 1 is 1.73 bits per heavy atom. The maximum atomic E-state index is 4.31. The summed E-state index contributed by atoms with van der Waals surface area (Å²) in [6, 6.07) is 0.389. The van der Waals surface area contributed by atoms with Crippen molar-refractivity contribution >= 4 is 11.3 Å². The number of thiazole rings is 1. The van der Waals surface area contributed by atoms with Crippen LogP contribution >= 0.6 is 11.3 Å². The molecule has 3 heteroatoms. The van der Waals surface area contributed by atoms with Gasteiger partial charge in [-0.05, 0) is 20.4 Å². The summed E-state index contributed by atoms with van der Waals surface area (Å²) in [6.07, 6.45) is 3.06. The minimum atomic E-state index is 0.389. The van der Waals surface area contributed by atoms with Gasteiger partial charge in [-0.3, -0.25) is 0 Å². The molecular weight excluding hydrogens is 156 g/mol. The molecule has 1 N–H and O–H groups in total. The van der Waals surface area contributed by atoms with Crippen LogP contribution in [0.4, 0.5) is 0 Å². The summed E-state index contributed by atoms with van der Waals surface area (Å²) in [7, 11) is 1.96. The average molecular weight is 170 g/mol. The molecule has 0 saturated heterocycles. The van der Waals surface area contributed by atoms with Crippen molar-refractivity contribution in [3.63, 3.8) is 0 Å². The number of aryl methyl sites for hydroxylation is 1. The van der Waals surface area contributed by atoms with E-state index >= 15 is 0 Å². The second-order valence-corrected chi connectivity index (χ2v) is 3.68. The normalized spacial score (nSPS) is 13.4. The lowest BCUT2D eigenvalue weighted by Crippen LogP contribution is -2.11. The first-order chi connectivity index (χ1) is 5.27. The van der Waals surface area contributed by atoms with Gasteiger partial charge in [-0.25, -0.2) is 4.98 Å². The number of aromatic nitrogens is 1. The first kappa shape index (κ1) is 8.68. The molecule has 1 rings (SSSR count). The van der Waals surface area contributed by atoms with E-state index in [4.69, 9.17) is 0 Å². The zero-order valence-corrected chi connectivity index (χ0v) is 8.03. The molecule has 0 bridgehead atoms. The molecule has 0 aliphatic rings. The molecule has 0 aromatic carbocycles. The second-order valence-electron chi connectivity index (χ2n) is 2.53. The molecule has 0 aliphatic carbocycles. The first-order valence-electron chi connectivity index (χ1n) is 3.89. The average Bonchev–Trinajstić information content (AvgIpc) is 2.50. The highest BCUT2D eigenvalue weighted by atomic mass is 32.1. The topological polar surface area (TPSA) is 24.9 Å². The molecule has 0 aliphatic heterocycles. The minimum Gasteiger partial charge on any atom is -0.311 e. The Hall–Kier alpha value is -0.410. The molecular formula is C8H14N2S. The van der Waals surface area contributed by atoms with E-state index in [0.29, 0.717) is 6.04 Å². The van der Waals surface area contributed by atoms with Gasteiger partial charge in [0, 0.05) is 11.1 Å². The molecule has 0 amide bonds. The zero-order chi connectivity index (χ0) is 8.27. The number of rotatable bonds is 3. The van der Waals surface area contributed by atoms with Gasteiger partial charge in [0.25, 0.3) is 0 Å². The second kappa shape index (κ2) is 3.83. The van der Waals surface area contributed by atoms with E-state index in [1.54, 1.807) is 11.3 Å². The summed E-state index contributed by atoms with van der Waals surface area (Å²) in [5.41, 5.74) is 0. The Bertz CT molecular complexity index is 220. The minimum absolute atomic E-state index is 0.389. The van der Waals surface area contributed by atoms with Crippen molar-refractivity contribution in [2.45, 2.75) is 26.3 Å². The summed E-state index contributed by atoms with van der Waals surface area (Å²) < 4.78 is 0. The molecule has 0 radical (unpaired) electrons. The van der Waals surface area contributed by atoms with Crippen molar-refractivity contribution in [3.8, 4) is 0 Å². The first-order valence-corrected chi connectivity index (χ1v) is 4.71. The Balaban J connectivity index is 2.71. The van der Waals surface area contributed by atoms with Gasteiger partial charge in [0.2, 0.25) is 0 Å². The van der Waals surface area contributed by atoms with E-state index in [1.807, 2.05) is 13.2 Å². The van der Waals surface area contributed by atoms with Crippen LogP contribution in [0.3, 0.4) is 0 Å². The molecule has 1 aromatic rings. The van der Waals surface area contributed by atoms with Gasteiger partial charge in [-0.2, -0.15) is 0 Å². The van der Waals surface area contributed by atoms with Crippen LogP contribution in [0.25, 0.3) is 0 Å². The molecule has 0 saturated carbocycles. The molecule has 1 unspecified atom stereocenters. The fraction of sp³-hybridized carbons (Fsp3) is 0.625. The van der Waals surface area contributed by atoms with Crippen molar-refractivity contribution in [2.75, 3.05) is 7.05 Å². The van der Waals surface area contributed by atoms with Crippen molar-refractivity contribution in [2.24, 2.45) is 0 Å².